The van der Waals surface area contributed by atoms with Crippen LogP contribution in [0.3, 0.4) is 0 Å². The molecule has 0 aromatic heterocycles. The fraction of sp³-hybridized carbons (Fsp3) is 1.00. The standard InChI is InChI=1S/C14H24O/c1-2-4-8-11(7-3-1)12-9-5-6-10-13-14(12)15-13/h11-14H,1-10H2. The van der Waals surface area contributed by atoms with Gasteiger partial charge >= 0.3 is 0 Å². The van der Waals surface area contributed by atoms with Gasteiger partial charge < -0.3 is 4.74 Å². The van der Waals surface area contributed by atoms with Gasteiger partial charge in [-0.3, -0.25) is 0 Å². The second kappa shape index (κ2) is 4.45. The van der Waals surface area contributed by atoms with E-state index in [1.165, 1.54) is 64.2 Å². The first-order valence-corrected chi connectivity index (χ1v) is 7.10. The van der Waals surface area contributed by atoms with Gasteiger partial charge in [-0.2, -0.15) is 0 Å². The summed E-state index contributed by atoms with van der Waals surface area (Å²) in [6, 6.07) is 0. The average Bonchev–Trinajstić information content (AvgIpc) is 3.01. The molecule has 3 unspecified atom stereocenters. The van der Waals surface area contributed by atoms with Crippen LogP contribution in [0.15, 0.2) is 0 Å². The van der Waals surface area contributed by atoms with Crippen LogP contribution >= 0.6 is 0 Å². The van der Waals surface area contributed by atoms with Gasteiger partial charge in [0, 0.05) is 0 Å². The Morgan fingerprint density at radius 2 is 1.33 bits per heavy atom. The molecule has 3 aliphatic rings. The zero-order valence-electron chi connectivity index (χ0n) is 9.79. The van der Waals surface area contributed by atoms with Gasteiger partial charge in [0.05, 0.1) is 12.2 Å². The fourth-order valence-electron chi connectivity index (χ4n) is 3.90. The summed E-state index contributed by atoms with van der Waals surface area (Å²) in [4.78, 5) is 0. The molecule has 3 atom stereocenters. The van der Waals surface area contributed by atoms with Gasteiger partial charge in [0.1, 0.15) is 0 Å². The zero-order valence-corrected chi connectivity index (χ0v) is 9.79. The summed E-state index contributed by atoms with van der Waals surface area (Å²) in [5.41, 5.74) is 0. The predicted octanol–water partition coefficient (Wildman–Crippen LogP) is 3.91. The first kappa shape index (κ1) is 10.1. The lowest BCUT2D eigenvalue weighted by atomic mass is 9.81. The minimum atomic E-state index is 0.681. The number of rotatable bonds is 1. The molecule has 0 spiro atoms. The van der Waals surface area contributed by atoms with Crippen LogP contribution in [0.2, 0.25) is 0 Å². The number of ether oxygens (including phenoxy) is 1. The summed E-state index contributed by atoms with van der Waals surface area (Å²) in [6.07, 6.45) is 16.0. The van der Waals surface area contributed by atoms with Crippen LogP contribution in [0.25, 0.3) is 0 Å². The summed E-state index contributed by atoms with van der Waals surface area (Å²) >= 11 is 0. The van der Waals surface area contributed by atoms with Crippen molar-refractivity contribution in [1.82, 2.24) is 0 Å². The minimum absolute atomic E-state index is 0.681. The summed E-state index contributed by atoms with van der Waals surface area (Å²) in [5.74, 6) is 1.95. The van der Waals surface area contributed by atoms with Gasteiger partial charge in [-0.25, -0.2) is 0 Å². The van der Waals surface area contributed by atoms with E-state index in [2.05, 4.69) is 0 Å². The van der Waals surface area contributed by atoms with Crippen molar-refractivity contribution in [2.75, 3.05) is 0 Å². The third-order valence-corrected chi connectivity index (χ3v) is 4.83. The average molecular weight is 208 g/mol. The maximum Gasteiger partial charge on any atom is 0.0872 e. The molecule has 1 heteroatoms. The van der Waals surface area contributed by atoms with E-state index in [0.717, 1.165) is 11.8 Å². The largest absolute Gasteiger partial charge is 0.369 e. The molecule has 1 nitrogen and oxygen atoms in total. The molecule has 0 radical (unpaired) electrons. The van der Waals surface area contributed by atoms with Crippen molar-refractivity contribution in [3.63, 3.8) is 0 Å². The molecular formula is C14H24O. The first-order valence-electron chi connectivity index (χ1n) is 7.10. The van der Waals surface area contributed by atoms with Crippen LogP contribution in [0, 0.1) is 11.8 Å². The second-order valence-electron chi connectivity index (χ2n) is 5.84. The van der Waals surface area contributed by atoms with Crippen LogP contribution in [0.5, 0.6) is 0 Å². The molecule has 15 heavy (non-hydrogen) atoms. The van der Waals surface area contributed by atoms with Crippen molar-refractivity contribution in [1.29, 1.82) is 0 Å². The third kappa shape index (κ3) is 2.22. The highest BCUT2D eigenvalue weighted by atomic mass is 16.6. The molecule has 0 aromatic carbocycles. The van der Waals surface area contributed by atoms with Gasteiger partial charge in [-0.05, 0) is 24.7 Å². The highest BCUT2D eigenvalue weighted by Crippen LogP contribution is 2.45. The molecule has 3 rings (SSSR count). The molecule has 2 saturated carbocycles. The molecule has 0 N–H and O–H groups in total. The molecule has 0 amide bonds. The van der Waals surface area contributed by atoms with Crippen LogP contribution in [0.1, 0.15) is 64.2 Å². The van der Waals surface area contributed by atoms with E-state index >= 15 is 0 Å². The Hall–Kier alpha value is -0.0400. The van der Waals surface area contributed by atoms with Crippen molar-refractivity contribution in [3.8, 4) is 0 Å². The van der Waals surface area contributed by atoms with Crippen LogP contribution in [-0.2, 0) is 4.74 Å². The van der Waals surface area contributed by atoms with Crippen LogP contribution < -0.4 is 0 Å². The first-order chi connectivity index (χ1) is 7.45. The van der Waals surface area contributed by atoms with E-state index in [-0.39, 0.29) is 0 Å². The molecule has 1 heterocycles. The van der Waals surface area contributed by atoms with E-state index in [1.54, 1.807) is 0 Å². The van der Waals surface area contributed by atoms with Crippen molar-refractivity contribution in [2.24, 2.45) is 11.8 Å². The maximum absolute atomic E-state index is 5.86. The Kier molecular flexibility index (Phi) is 3.01. The monoisotopic (exact) mass is 208 g/mol. The number of hydrogen-bond acceptors (Lipinski definition) is 1. The highest BCUT2D eigenvalue weighted by molar-refractivity contribution is 4.95. The molecule has 0 bridgehead atoms. The third-order valence-electron chi connectivity index (χ3n) is 4.83. The predicted molar refractivity (Wildman–Crippen MR) is 61.8 cm³/mol. The van der Waals surface area contributed by atoms with Crippen molar-refractivity contribution in [3.05, 3.63) is 0 Å². The minimum Gasteiger partial charge on any atom is -0.369 e. The topological polar surface area (TPSA) is 12.5 Å². The Labute approximate surface area is 93.6 Å². The van der Waals surface area contributed by atoms with Gasteiger partial charge in [-0.15, -0.1) is 0 Å². The quantitative estimate of drug-likeness (QED) is 0.470. The number of epoxide rings is 1. The summed E-state index contributed by atoms with van der Waals surface area (Å²) in [6.45, 7) is 0. The van der Waals surface area contributed by atoms with E-state index in [0.29, 0.717) is 12.2 Å². The summed E-state index contributed by atoms with van der Waals surface area (Å²) in [5, 5.41) is 0. The maximum atomic E-state index is 5.86. The normalized spacial score (nSPS) is 42.8. The SMILES string of the molecule is C1CCCC(C2CCCCC3OC32)CC1. The fourth-order valence-corrected chi connectivity index (χ4v) is 3.90. The van der Waals surface area contributed by atoms with Crippen molar-refractivity contribution in [2.45, 2.75) is 76.4 Å². The Balaban J connectivity index is 1.63. The molecule has 86 valence electrons. The van der Waals surface area contributed by atoms with Crippen molar-refractivity contribution < 1.29 is 4.74 Å². The van der Waals surface area contributed by atoms with E-state index in [9.17, 15) is 0 Å². The van der Waals surface area contributed by atoms with E-state index < -0.39 is 0 Å². The lowest BCUT2D eigenvalue weighted by Gasteiger charge is -2.24. The Bertz CT molecular complexity index is 205. The van der Waals surface area contributed by atoms with Gasteiger partial charge in [0.15, 0.2) is 0 Å². The molecule has 1 saturated heterocycles. The van der Waals surface area contributed by atoms with Crippen LogP contribution in [0.4, 0.5) is 0 Å². The summed E-state index contributed by atoms with van der Waals surface area (Å²) in [7, 11) is 0. The number of hydrogen-bond donors (Lipinski definition) is 0. The van der Waals surface area contributed by atoms with E-state index in [1.807, 2.05) is 0 Å². The Morgan fingerprint density at radius 1 is 0.667 bits per heavy atom. The molecule has 3 fully saturated rings. The highest BCUT2D eigenvalue weighted by Gasteiger charge is 2.47. The lowest BCUT2D eigenvalue weighted by molar-refractivity contribution is 0.205. The molecular weight excluding hydrogens is 184 g/mol. The number of fused-ring (bicyclic) bond motifs is 1. The van der Waals surface area contributed by atoms with Crippen LogP contribution in [-0.4, -0.2) is 12.2 Å². The van der Waals surface area contributed by atoms with Gasteiger partial charge in [0.2, 0.25) is 0 Å². The Morgan fingerprint density at radius 3 is 2.13 bits per heavy atom. The molecule has 2 aliphatic carbocycles. The lowest BCUT2D eigenvalue weighted by Crippen LogP contribution is -2.20. The van der Waals surface area contributed by atoms with Gasteiger partial charge in [0.25, 0.3) is 0 Å². The molecule has 0 aromatic rings. The van der Waals surface area contributed by atoms with Gasteiger partial charge in [-0.1, -0.05) is 51.4 Å². The second-order valence-corrected chi connectivity index (χ2v) is 5.84. The van der Waals surface area contributed by atoms with Crippen molar-refractivity contribution >= 4 is 0 Å². The smallest absolute Gasteiger partial charge is 0.0872 e. The summed E-state index contributed by atoms with van der Waals surface area (Å²) < 4.78 is 5.86. The zero-order chi connectivity index (χ0) is 10.1. The van der Waals surface area contributed by atoms with E-state index in [4.69, 9.17) is 4.74 Å². The molecule has 1 aliphatic heterocycles.